The Hall–Kier alpha value is -4.87. The van der Waals surface area contributed by atoms with E-state index >= 15 is 0 Å². The molecule has 0 saturated carbocycles. The van der Waals surface area contributed by atoms with E-state index in [0.29, 0.717) is 29.4 Å². The van der Waals surface area contributed by atoms with Gasteiger partial charge in [-0.3, -0.25) is 0 Å². The molecule has 0 aliphatic carbocycles. The molecule has 0 bridgehead atoms. The van der Waals surface area contributed by atoms with E-state index in [9.17, 15) is 5.26 Å². The van der Waals surface area contributed by atoms with Crippen LogP contribution in [0.4, 0.5) is 5.88 Å². The summed E-state index contributed by atoms with van der Waals surface area (Å²) in [4.78, 5) is 4.67. The maximum Gasteiger partial charge on any atom is 0.238 e. The van der Waals surface area contributed by atoms with Crippen molar-refractivity contribution in [3.05, 3.63) is 135 Å². The zero-order valence-corrected chi connectivity index (χ0v) is 26.8. The van der Waals surface area contributed by atoms with Gasteiger partial charge in [-0.25, -0.2) is 4.99 Å². The molecule has 0 radical (unpaired) electrons. The fraction of sp³-hybridized carbons (Fsp3) is 0.105. The molecule has 0 atom stereocenters. The molecule has 44 heavy (non-hydrogen) atoms. The molecule has 0 fully saturated rings. The highest BCUT2D eigenvalue weighted by Gasteiger charge is 2.23. The van der Waals surface area contributed by atoms with Crippen LogP contribution in [0.3, 0.4) is 0 Å². The fourth-order valence-electron chi connectivity index (χ4n) is 5.17. The lowest BCUT2D eigenvalue weighted by atomic mass is 9.97. The summed E-state index contributed by atoms with van der Waals surface area (Å²) in [6.07, 6.45) is 1.69. The van der Waals surface area contributed by atoms with Crippen LogP contribution in [0.5, 0.6) is 11.5 Å². The number of hydrogen-bond donors (Lipinski definition) is 0. The summed E-state index contributed by atoms with van der Waals surface area (Å²) in [5.74, 6) is 2.13. The van der Waals surface area contributed by atoms with Crippen LogP contribution in [0.2, 0.25) is 0 Å². The number of benzene rings is 5. The van der Waals surface area contributed by atoms with E-state index in [1.54, 1.807) is 13.3 Å². The molecule has 6 rings (SSSR count). The highest BCUT2D eigenvalue weighted by molar-refractivity contribution is 14.1. The van der Waals surface area contributed by atoms with Crippen LogP contribution < -0.4 is 9.47 Å². The number of rotatable bonds is 8. The van der Waals surface area contributed by atoms with Crippen molar-refractivity contribution in [2.45, 2.75) is 20.5 Å². The van der Waals surface area contributed by atoms with Crippen molar-refractivity contribution in [1.29, 1.82) is 5.26 Å². The Labute approximate surface area is 270 Å². The Morgan fingerprint density at radius 1 is 0.864 bits per heavy atom. The first-order valence-electron chi connectivity index (χ1n) is 14.2. The van der Waals surface area contributed by atoms with Gasteiger partial charge in [-0.15, -0.1) is 0 Å². The van der Waals surface area contributed by atoms with Gasteiger partial charge in [0.05, 0.1) is 10.7 Å². The van der Waals surface area contributed by atoms with E-state index in [-0.39, 0.29) is 5.88 Å². The van der Waals surface area contributed by atoms with E-state index in [2.05, 4.69) is 57.9 Å². The molecule has 0 aliphatic heterocycles. The minimum Gasteiger partial charge on any atom is -0.493 e. The maximum absolute atomic E-state index is 10.3. The van der Waals surface area contributed by atoms with Crippen molar-refractivity contribution < 1.29 is 13.9 Å². The molecule has 1 aromatic heterocycles. The summed E-state index contributed by atoms with van der Waals surface area (Å²) in [5, 5.41) is 12.6. The molecule has 216 valence electrons. The highest BCUT2D eigenvalue weighted by atomic mass is 127. The predicted octanol–water partition coefficient (Wildman–Crippen LogP) is 10.2. The SMILES string of the molecule is COc1cc(C=Nc2oc(-c3ccc(C)cc3)c(-c3ccc(C)cc3)c2C#N)cc(I)c1OCc1cccc2ccccc12. The van der Waals surface area contributed by atoms with Crippen LogP contribution >= 0.6 is 22.6 Å². The number of methoxy groups -OCH3 is 1. The number of ether oxygens (including phenoxy) is 2. The van der Waals surface area contributed by atoms with Crippen molar-refractivity contribution in [2.24, 2.45) is 4.99 Å². The van der Waals surface area contributed by atoms with E-state index in [4.69, 9.17) is 13.9 Å². The van der Waals surface area contributed by atoms with Crippen LogP contribution in [-0.4, -0.2) is 13.3 Å². The van der Waals surface area contributed by atoms with Crippen molar-refractivity contribution in [2.75, 3.05) is 7.11 Å². The molecule has 0 saturated heterocycles. The van der Waals surface area contributed by atoms with Gasteiger partial charge in [-0.05, 0) is 76.0 Å². The highest BCUT2D eigenvalue weighted by Crippen LogP contribution is 2.43. The number of fused-ring (bicyclic) bond motifs is 1. The van der Waals surface area contributed by atoms with Crippen LogP contribution in [0.1, 0.15) is 27.8 Å². The minimum atomic E-state index is 0.254. The molecular weight excluding hydrogens is 659 g/mol. The summed E-state index contributed by atoms with van der Waals surface area (Å²) < 4.78 is 19.2. The van der Waals surface area contributed by atoms with Crippen LogP contribution in [0, 0.1) is 28.7 Å². The van der Waals surface area contributed by atoms with Gasteiger partial charge in [-0.1, -0.05) is 102 Å². The third-order valence-corrected chi connectivity index (χ3v) is 8.29. The fourth-order valence-corrected chi connectivity index (χ4v) is 5.95. The molecule has 6 aromatic rings. The first kappa shape index (κ1) is 29.2. The smallest absolute Gasteiger partial charge is 0.238 e. The zero-order valence-electron chi connectivity index (χ0n) is 24.6. The van der Waals surface area contributed by atoms with Gasteiger partial charge in [0, 0.05) is 17.3 Å². The lowest BCUT2D eigenvalue weighted by Gasteiger charge is -2.14. The molecule has 1 heterocycles. The molecule has 0 unspecified atom stereocenters. The van der Waals surface area contributed by atoms with E-state index < -0.39 is 0 Å². The van der Waals surface area contributed by atoms with Gasteiger partial charge < -0.3 is 13.9 Å². The molecule has 5 nitrogen and oxygen atoms in total. The Morgan fingerprint density at radius 2 is 1.55 bits per heavy atom. The molecule has 5 aromatic carbocycles. The lowest BCUT2D eigenvalue weighted by Crippen LogP contribution is -2.01. The first-order valence-corrected chi connectivity index (χ1v) is 15.2. The number of nitriles is 1. The average Bonchev–Trinajstić information content (AvgIpc) is 3.42. The second-order valence-electron chi connectivity index (χ2n) is 10.5. The van der Waals surface area contributed by atoms with Crippen molar-refractivity contribution >= 4 is 45.5 Å². The van der Waals surface area contributed by atoms with E-state index in [1.807, 2.05) is 92.7 Å². The number of aryl methyl sites for hydroxylation is 2. The number of hydrogen-bond acceptors (Lipinski definition) is 5. The Balaban J connectivity index is 1.34. The summed E-state index contributed by atoms with van der Waals surface area (Å²) in [6, 6.07) is 36.9. The van der Waals surface area contributed by atoms with E-state index in [0.717, 1.165) is 47.9 Å². The van der Waals surface area contributed by atoms with Crippen LogP contribution in [0.25, 0.3) is 33.2 Å². The van der Waals surface area contributed by atoms with Crippen molar-refractivity contribution in [3.8, 4) is 40.0 Å². The predicted molar refractivity (Wildman–Crippen MR) is 185 cm³/mol. The Morgan fingerprint density at radius 3 is 2.25 bits per heavy atom. The first-order chi connectivity index (χ1) is 21.4. The van der Waals surface area contributed by atoms with Gasteiger partial charge in [0.1, 0.15) is 24.0 Å². The maximum atomic E-state index is 10.3. The van der Waals surface area contributed by atoms with Gasteiger partial charge in [-0.2, -0.15) is 5.26 Å². The normalized spacial score (nSPS) is 11.2. The van der Waals surface area contributed by atoms with Crippen molar-refractivity contribution in [1.82, 2.24) is 0 Å². The van der Waals surface area contributed by atoms with Crippen LogP contribution in [0.15, 0.2) is 113 Å². The van der Waals surface area contributed by atoms with Crippen molar-refractivity contribution in [3.63, 3.8) is 0 Å². The average molecular weight is 689 g/mol. The third kappa shape index (κ3) is 5.97. The summed E-state index contributed by atoms with van der Waals surface area (Å²) in [5.41, 5.74) is 7.07. The van der Waals surface area contributed by atoms with E-state index in [1.165, 1.54) is 5.39 Å². The molecule has 0 spiro atoms. The number of aliphatic imine (C=N–C) groups is 1. The Kier molecular flexibility index (Phi) is 8.49. The number of nitrogens with zero attached hydrogens (tertiary/aromatic N) is 2. The summed E-state index contributed by atoms with van der Waals surface area (Å²) >= 11 is 2.25. The standard InChI is InChI=1S/C38H29IN2O3/c1-24-11-15-28(16-12-24)35-32(21-40)38(44-36(35)29-17-13-25(2)14-18-29)41-22-26-19-33(39)37(34(20-26)42-3)43-23-30-9-6-8-27-7-4-5-10-31(27)30/h4-20,22H,23H2,1-3H3. The molecule has 6 heteroatoms. The number of furan rings is 1. The van der Waals surface area contributed by atoms with Gasteiger partial charge >= 0.3 is 0 Å². The van der Waals surface area contributed by atoms with Crippen LogP contribution in [-0.2, 0) is 6.61 Å². The summed E-state index contributed by atoms with van der Waals surface area (Å²) in [6.45, 7) is 4.48. The topological polar surface area (TPSA) is 67.8 Å². The zero-order chi connectivity index (χ0) is 30.6. The van der Waals surface area contributed by atoms with Gasteiger partial charge in [0.15, 0.2) is 11.5 Å². The largest absolute Gasteiger partial charge is 0.493 e. The second kappa shape index (κ2) is 12.8. The Bertz CT molecular complexity index is 2030. The lowest BCUT2D eigenvalue weighted by molar-refractivity contribution is 0.283. The minimum absolute atomic E-state index is 0.254. The molecular formula is C38H29IN2O3. The molecule has 0 aliphatic rings. The number of halogens is 1. The summed E-state index contributed by atoms with van der Waals surface area (Å²) in [7, 11) is 1.62. The van der Waals surface area contributed by atoms with Gasteiger partial charge in [0.25, 0.3) is 0 Å². The molecule has 0 N–H and O–H groups in total. The monoisotopic (exact) mass is 688 g/mol. The quantitative estimate of drug-likeness (QED) is 0.118. The van der Waals surface area contributed by atoms with Gasteiger partial charge in [0.2, 0.25) is 5.88 Å². The second-order valence-corrected chi connectivity index (χ2v) is 11.7. The molecule has 0 amide bonds. The third-order valence-electron chi connectivity index (χ3n) is 7.49.